The summed E-state index contributed by atoms with van der Waals surface area (Å²) < 4.78 is 12.9. The van der Waals surface area contributed by atoms with Crippen LogP contribution in [0.3, 0.4) is 0 Å². The summed E-state index contributed by atoms with van der Waals surface area (Å²) in [5.41, 5.74) is 3.57. The summed E-state index contributed by atoms with van der Waals surface area (Å²) in [6, 6.07) is 7.56. The molecule has 3 aliphatic rings. The third-order valence-corrected chi connectivity index (χ3v) is 7.81. The second-order valence-electron chi connectivity index (χ2n) is 9.33. The maximum atomic E-state index is 13.0. The minimum atomic E-state index is -0.501. The number of carbonyl (C=O) groups excluding carboxylic acids is 2. The maximum absolute atomic E-state index is 13.0. The number of fused-ring (bicyclic) bond motifs is 1. The number of aryl methyl sites for hydroxylation is 1. The number of nitrogens with one attached hydrogen (secondary N) is 1. The number of amidine groups is 2. The van der Waals surface area contributed by atoms with Crippen molar-refractivity contribution in [2.45, 2.75) is 39.5 Å². The second-order valence-corrected chi connectivity index (χ2v) is 10.4. The van der Waals surface area contributed by atoms with Crippen LogP contribution in [0, 0.1) is 19.3 Å². The van der Waals surface area contributed by atoms with Gasteiger partial charge in [-0.05, 0) is 74.7 Å². The Balaban J connectivity index is 1.41. The van der Waals surface area contributed by atoms with Crippen LogP contribution in [-0.4, -0.2) is 69.6 Å². The van der Waals surface area contributed by atoms with Crippen molar-refractivity contribution in [3.05, 3.63) is 46.8 Å². The van der Waals surface area contributed by atoms with Gasteiger partial charge in [0, 0.05) is 30.5 Å². The first-order valence-corrected chi connectivity index (χ1v) is 13.3. The number of hydrogen-bond acceptors (Lipinski definition) is 7. The van der Waals surface area contributed by atoms with Gasteiger partial charge in [-0.15, -0.1) is 0 Å². The number of piperidine rings is 1. The van der Waals surface area contributed by atoms with E-state index >= 15 is 0 Å². The third kappa shape index (κ3) is 4.73. The average Bonchev–Trinajstić information content (AvgIpc) is 3.45. The zero-order chi connectivity index (χ0) is 27.0. The molecule has 38 heavy (non-hydrogen) atoms. The molecule has 0 atom stereocenters. The van der Waals surface area contributed by atoms with Gasteiger partial charge in [0.25, 0.3) is 5.91 Å². The number of likely N-dealkylation sites (tertiary alicyclic amines) is 1. The lowest BCUT2D eigenvalue weighted by Gasteiger charge is -2.26. The predicted molar refractivity (Wildman–Crippen MR) is 148 cm³/mol. The molecule has 0 saturated carbocycles. The molecule has 0 radical (unpaired) electrons. The van der Waals surface area contributed by atoms with E-state index in [-0.39, 0.29) is 23.7 Å². The van der Waals surface area contributed by atoms with Crippen LogP contribution in [0.1, 0.15) is 42.6 Å². The number of methoxy groups -OCH3 is 2. The second kappa shape index (κ2) is 10.5. The normalized spacial score (nSPS) is 18.5. The summed E-state index contributed by atoms with van der Waals surface area (Å²) in [6.07, 6.45) is 5.00. The molecular weight excluding hydrogens is 504 g/mol. The van der Waals surface area contributed by atoms with E-state index in [2.05, 4.69) is 10.1 Å². The van der Waals surface area contributed by atoms with Crippen LogP contribution in [0.2, 0.25) is 0 Å². The molecule has 3 aliphatic heterocycles. The molecule has 0 spiro atoms. The first-order chi connectivity index (χ1) is 18.3. The van der Waals surface area contributed by atoms with Crippen LogP contribution in [-0.2, 0) is 9.59 Å². The van der Waals surface area contributed by atoms with Gasteiger partial charge in [-0.25, -0.2) is 0 Å². The quantitative estimate of drug-likeness (QED) is 0.558. The number of nitrogens with zero attached hydrogens (tertiary/aromatic N) is 5. The fourth-order valence-electron chi connectivity index (χ4n) is 4.92. The molecule has 2 amide bonds. The van der Waals surface area contributed by atoms with Gasteiger partial charge in [0.05, 0.1) is 31.9 Å². The molecule has 11 heteroatoms. The van der Waals surface area contributed by atoms with E-state index in [9.17, 15) is 9.59 Å². The van der Waals surface area contributed by atoms with E-state index in [0.29, 0.717) is 21.7 Å². The van der Waals surface area contributed by atoms with Crippen LogP contribution in [0.4, 0.5) is 0 Å². The van der Waals surface area contributed by atoms with Gasteiger partial charge in [0.2, 0.25) is 11.1 Å². The SMILES string of the molecule is COc1ccc(-n2c(C)cc(/C=C3\C(=N)N4N=C(CC(=O)N5CCCCC5)SC4=NC3=O)c2C)c(OC)c1. The molecule has 0 aliphatic carbocycles. The Bertz CT molecular complexity index is 1420. The first kappa shape index (κ1) is 25.8. The molecule has 1 saturated heterocycles. The zero-order valence-corrected chi connectivity index (χ0v) is 22.7. The number of amides is 2. The number of thioether (sulfide) groups is 1. The van der Waals surface area contributed by atoms with E-state index in [1.807, 2.05) is 47.6 Å². The van der Waals surface area contributed by atoms with Gasteiger partial charge in [-0.2, -0.15) is 15.1 Å². The van der Waals surface area contributed by atoms with Crippen molar-refractivity contribution in [3.63, 3.8) is 0 Å². The molecule has 0 unspecified atom stereocenters. The molecule has 4 heterocycles. The number of aromatic nitrogens is 1. The van der Waals surface area contributed by atoms with Crippen LogP contribution in [0.15, 0.2) is 39.9 Å². The first-order valence-electron chi connectivity index (χ1n) is 12.5. The Morgan fingerprint density at radius 2 is 1.89 bits per heavy atom. The standard InChI is InChI=1S/C27H30N6O4S/c1-16-12-18(17(2)32(16)21-9-8-19(36-3)14-22(21)37-4)13-20-25(28)33-27(29-26(20)35)38-23(30-33)15-24(34)31-10-6-5-7-11-31/h8-9,12-14,28H,5-7,10-11,15H2,1-4H3/b20-13+,28-25?. The number of rotatable bonds is 6. The van der Waals surface area contributed by atoms with Crippen LogP contribution >= 0.6 is 11.8 Å². The van der Waals surface area contributed by atoms with E-state index in [1.165, 1.54) is 16.8 Å². The van der Waals surface area contributed by atoms with E-state index in [1.54, 1.807) is 20.3 Å². The van der Waals surface area contributed by atoms with Gasteiger partial charge in [-0.1, -0.05) is 0 Å². The van der Waals surface area contributed by atoms with Crippen molar-refractivity contribution in [1.82, 2.24) is 14.5 Å². The number of hydrogen-bond donors (Lipinski definition) is 1. The Hall–Kier alpha value is -3.86. The van der Waals surface area contributed by atoms with Crippen molar-refractivity contribution < 1.29 is 19.1 Å². The van der Waals surface area contributed by atoms with Crippen molar-refractivity contribution in [3.8, 4) is 17.2 Å². The molecule has 10 nitrogen and oxygen atoms in total. The molecule has 1 aromatic carbocycles. The fraction of sp³-hybridized carbons (Fsp3) is 0.370. The van der Waals surface area contributed by atoms with Gasteiger partial charge < -0.3 is 18.9 Å². The van der Waals surface area contributed by atoms with E-state index in [0.717, 1.165) is 55.0 Å². The summed E-state index contributed by atoms with van der Waals surface area (Å²) in [4.78, 5) is 31.7. The monoisotopic (exact) mass is 534 g/mol. The maximum Gasteiger partial charge on any atom is 0.283 e. The molecule has 0 bridgehead atoms. The number of ether oxygens (including phenoxy) is 2. The minimum absolute atomic E-state index is 0.0198. The topological polar surface area (TPSA) is 113 Å². The van der Waals surface area contributed by atoms with E-state index in [4.69, 9.17) is 14.9 Å². The van der Waals surface area contributed by atoms with Crippen molar-refractivity contribution in [2.24, 2.45) is 10.1 Å². The summed E-state index contributed by atoms with van der Waals surface area (Å²) in [7, 11) is 3.21. The average molecular weight is 535 g/mol. The summed E-state index contributed by atoms with van der Waals surface area (Å²) in [6.45, 7) is 5.45. The van der Waals surface area contributed by atoms with E-state index < -0.39 is 5.91 Å². The predicted octanol–water partition coefficient (Wildman–Crippen LogP) is 4.13. The van der Waals surface area contributed by atoms with Gasteiger partial charge in [0.1, 0.15) is 16.5 Å². The van der Waals surface area contributed by atoms with Gasteiger partial charge >= 0.3 is 0 Å². The Labute approximate surface area is 225 Å². The molecule has 1 N–H and O–H groups in total. The van der Waals surface area contributed by atoms with Gasteiger partial charge in [0.15, 0.2) is 5.84 Å². The number of aliphatic imine (C=N–C) groups is 1. The highest BCUT2D eigenvalue weighted by Crippen LogP contribution is 2.34. The van der Waals surface area contributed by atoms with Crippen LogP contribution in [0.25, 0.3) is 11.8 Å². The fourth-order valence-corrected chi connectivity index (χ4v) is 5.79. The largest absolute Gasteiger partial charge is 0.497 e. The van der Waals surface area contributed by atoms with Crippen LogP contribution in [0.5, 0.6) is 11.5 Å². The highest BCUT2D eigenvalue weighted by molar-refractivity contribution is 8.27. The molecule has 1 fully saturated rings. The minimum Gasteiger partial charge on any atom is -0.497 e. The molecular formula is C27H30N6O4S. The number of hydrazone groups is 1. The van der Waals surface area contributed by atoms with Crippen LogP contribution < -0.4 is 9.47 Å². The summed E-state index contributed by atoms with van der Waals surface area (Å²) in [5, 5.41) is 15.4. The Morgan fingerprint density at radius 3 is 2.61 bits per heavy atom. The van der Waals surface area contributed by atoms with Crippen molar-refractivity contribution >= 4 is 45.7 Å². The smallest absolute Gasteiger partial charge is 0.283 e. The number of benzene rings is 1. The molecule has 198 valence electrons. The molecule has 1 aromatic heterocycles. The Morgan fingerprint density at radius 1 is 1.13 bits per heavy atom. The van der Waals surface area contributed by atoms with Crippen molar-refractivity contribution in [1.29, 1.82) is 5.41 Å². The third-order valence-electron chi connectivity index (χ3n) is 6.91. The van der Waals surface area contributed by atoms with Gasteiger partial charge in [-0.3, -0.25) is 15.0 Å². The number of carbonyl (C=O) groups is 2. The lowest BCUT2D eigenvalue weighted by molar-refractivity contribution is -0.130. The Kier molecular flexibility index (Phi) is 7.11. The molecule has 2 aromatic rings. The highest BCUT2D eigenvalue weighted by Gasteiger charge is 2.36. The van der Waals surface area contributed by atoms with Crippen molar-refractivity contribution in [2.75, 3.05) is 27.3 Å². The highest BCUT2D eigenvalue weighted by atomic mass is 32.2. The lowest BCUT2D eigenvalue weighted by atomic mass is 10.1. The summed E-state index contributed by atoms with van der Waals surface area (Å²) >= 11 is 1.18. The molecule has 5 rings (SSSR count). The zero-order valence-electron chi connectivity index (χ0n) is 21.9. The lowest BCUT2D eigenvalue weighted by Crippen LogP contribution is -2.36. The summed E-state index contributed by atoms with van der Waals surface area (Å²) in [5.74, 6) is 0.799.